The number of aliphatic hydroxyl groups excluding tert-OH is 1. The predicted octanol–water partition coefficient (Wildman–Crippen LogP) is 2.48. The van der Waals surface area contributed by atoms with Crippen LogP contribution in [0.25, 0.3) is 10.9 Å². The van der Waals surface area contributed by atoms with E-state index in [1.54, 1.807) is 6.07 Å². The highest BCUT2D eigenvalue weighted by atomic mass is 79.9. The number of nitrogens with zero attached hydrogens (tertiary/aromatic N) is 1. The van der Waals surface area contributed by atoms with Gasteiger partial charge in [0.15, 0.2) is 0 Å². The number of hydrogen-bond donors (Lipinski definition) is 2. The quantitative estimate of drug-likeness (QED) is 0.638. The summed E-state index contributed by atoms with van der Waals surface area (Å²) in [6.45, 7) is -0.233. The van der Waals surface area contributed by atoms with E-state index in [0.29, 0.717) is 10.2 Å². The molecule has 0 radical (unpaired) electrons. The van der Waals surface area contributed by atoms with Gasteiger partial charge in [-0.15, -0.1) is 0 Å². The number of H-pyrrole nitrogens is 1. The van der Waals surface area contributed by atoms with E-state index in [1.165, 1.54) is 14.2 Å². The highest BCUT2D eigenvalue weighted by Gasteiger charge is 2.26. The largest absolute Gasteiger partial charge is 0.469 e. The van der Waals surface area contributed by atoms with Crippen LogP contribution in [0.2, 0.25) is 0 Å². The number of aliphatic hydroxyl groups is 1. The number of benzene rings is 1. The van der Waals surface area contributed by atoms with Gasteiger partial charge in [-0.2, -0.15) is 5.10 Å². The number of carbonyl (C=O) groups is 2. The third-order valence-corrected chi connectivity index (χ3v) is 4.95. The van der Waals surface area contributed by atoms with Gasteiger partial charge in [-0.05, 0) is 55.5 Å². The van der Waals surface area contributed by atoms with Gasteiger partial charge < -0.3 is 14.6 Å². The summed E-state index contributed by atoms with van der Waals surface area (Å²) in [6.07, 6.45) is 0.125. The number of ether oxygens (including phenoxy) is 2. The first-order chi connectivity index (χ1) is 11.4. The molecule has 1 atom stereocenters. The smallest absolute Gasteiger partial charge is 0.309 e. The summed E-state index contributed by atoms with van der Waals surface area (Å²) in [6, 6.07) is 1.80. The maximum Gasteiger partial charge on any atom is 0.309 e. The van der Waals surface area contributed by atoms with E-state index in [2.05, 4.69) is 46.8 Å². The van der Waals surface area contributed by atoms with Crippen molar-refractivity contribution in [2.24, 2.45) is 5.92 Å². The molecule has 2 aromatic rings. The van der Waals surface area contributed by atoms with Crippen molar-refractivity contribution in [3.05, 3.63) is 26.3 Å². The molecule has 2 rings (SSSR count). The zero-order valence-corrected chi connectivity index (χ0v) is 16.2. The number of carbonyl (C=O) groups excluding carboxylic acids is 2. The van der Waals surface area contributed by atoms with E-state index in [9.17, 15) is 14.7 Å². The fourth-order valence-electron chi connectivity index (χ4n) is 2.56. The second-order valence-corrected chi connectivity index (χ2v) is 6.73. The number of aromatic nitrogens is 2. The number of fused-ring (bicyclic) bond motifs is 1. The van der Waals surface area contributed by atoms with Gasteiger partial charge in [0.05, 0.1) is 38.7 Å². The van der Waals surface area contributed by atoms with Crippen LogP contribution < -0.4 is 0 Å². The van der Waals surface area contributed by atoms with Crippen LogP contribution in [-0.2, 0) is 32.1 Å². The molecule has 7 nitrogen and oxygen atoms in total. The summed E-state index contributed by atoms with van der Waals surface area (Å²) in [5.74, 6) is -1.71. The fraction of sp³-hybridized carbons (Fsp3) is 0.400. The van der Waals surface area contributed by atoms with Gasteiger partial charge in [-0.1, -0.05) is 0 Å². The van der Waals surface area contributed by atoms with Crippen molar-refractivity contribution in [2.45, 2.75) is 19.4 Å². The monoisotopic (exact) mass is 462 g/mol. The molecule has 1 aromatic carbocycles. The van der Waals surface area contributed by atoms with E-state index in [1.807, 2.05) is 0 Å². The van der Waals surface area contributed by atoms with Crippen molar-refractivity contribution in [3.8, 4) is 0 Å². The topological polar surface area (TPSA) is 102 Å². The summed E-state index contributed by atoms with van der Waals surface area (Å²) in [5.41, 5.74) is 2.09. The lowest BCUT2D eigenvalue weighted by Crippen LogP contribution is -2.23. The number of hydrogen-bond acceptors (Lipinski definition) is 6. The Kier molecular flexibility index (Phi) is 6.36. The lowest BCUT2D eigenvalue weighted by molar-refractivity contribution is -0.152. The molecule has 0 amide bonds. The molecule has 9 heteroatoms. The molecule has 0 spiro atoms. The molecule has 0 saturated carbocycles. The van der Waals surface area contributed by atoms with Crippen LogP contribution in [0.5, 0.6) is 0 Å². The van der Waals surface area contributed by atoms with E-state index in [4.69, 9.17) is 4.74 Å². The molecule has 0 aliphatic rings. The molecule has 1 heterocycles. The van der Waals surface area contributed by atoms with Crippen LogP contribution >= 0.6 is 31.9 Å². The number of nitrogens with one attached hydrogen (secondary N) is 1. The zero-order chi connectivity index (χ0) is 17.9. The van der Waals surface area contributed by atoms with E-state index < -0.39 is 17.9 Å². The van der Waals surface area contributed by atoms with Crippen LogP contribution in [0, 0.1) is 5.92 Å². The first-order valence-corrected chi connectivity index (χ1v) is 8.60. The molecule has 130 valence electrons. The van der Waals surface area contributed by atoms with Crippen LogP contribution in [0.4, 0.5) is 0 Å². The second kappa shape index (κ2) is 8.09. The van der Waals surface area contributed by atoms with Crippen molar-refractivity contribution >= 4 is 54.7 Å². The fourth-order valence-corrected chi connectivity index (χ4v) is 3.65. The summed E-state index contributed by atoms with van der Waals surface area (Å²) in [5, 5.41) is 17.5. The van der Waals surface area contributed by atoms with E-state index in [-0.39, 0.29) is 19.4 Å². The molecular weight excluding hydrogens is 448 g/mol. The molecule has 0 unspecified atom stereocenters. The average Bonchev–Trinajstić information content (AvgIpc) is 2.96. The van der Waals surface area contributed by atoms with Crippen molar-refractivity contribution < 1.29 is 24.2 Å². The number of methoxy groups -OCH3 is 2. The summed E-state index contributed by atoms with van der Waals surface area (Å²) < 4.78 is 10.7. The number of rotatable bonds is 6. The maximum absolute atomic E-state index is 12.0. The molecule has 0 bridgehead atoms. The normalized spacial score (nSPS) is 12.2. The van der Waals surface area contributed by atoms with Gasteiger partial charge in [-0.25, -0.2) is 0 Å². The minimum Gasteiger partial charge on any atom is -0.469 e. The molecule has 2 N–H and O–H groups in total. The van der Waals surface area contributed by atoms with Gasteiger partial charge in [0, 0.05) is 9.86 Å². The van der Waals surface area contributed by atoms with Gasteiger partial charge in [0.25, 0.3) is 0 Å². The third kappa shape index (κ3) is 3.79. The summed E-state index contributed by atoms with van der Waals surface area (Å²) in [7, 11) is 2.53. The maximum atomic E-state index is 12.0. The Morgan fingerprint density at radius 2 is 2.04 bits per heavy atom. The van der Waals surface area contributed by atoms with Crippen molar-refractivity contribution in [1.29, 1.82) is 0 Å². The predicted molar refractivity (Wildman–Crippen MR) is 93.3 cm³/mol. The van der Waals surface area contributed by atoms with E-state index >= 15 is 0 Å². The second-order valence-electron chi connectivity index (χ2n) is 5.12. The van der Waals surface area contributed by atoms with Gasteiger partial charge in [0.2, 0.25) is 0 Å². The van der Waals surface area contributed by atoms with Gasteiger partial charge in [-0.3, -0.25) is 14.7 Å². The molecule has 0 saturated heterocycles. The van der Waals surface area contributed by atoms with E-state index in [0.717, 1.165) is 20.9 Å². The Hall–Kier alpha value is -1.45. The summed E-state index contributed by atoms with van der Waals surface area (Å²) >= 11 is 6.80. The van der Waals surface area contributed by atoms with Gasteiger partial charge >= 0.3 is 11.9 Å². The van der Waals surface area contributed by atoms with Crippen molar-refractivity contribution in [2.75, 3.05) is 14.2 Å². The first-order valence-electron chi connectivity index (χ1n) is 7.02. The molecule has 0 aliphatic carbocycles. The lowest BCUT2D eigenvalue weighted by Gasteiger charge is -2.16. The Labute approximate surface area is 155 Å². The minimum atomic E-state index is -0.706. The Bertz CT molecular complexity index is 775. The highest BCUT2D eigenvalue weighted by Crippen LogP contribution is 2.34. The molecule has 0 aliphatic heterocycles. The highest BCUT2D eigenvalue weighted by molar-refractivity contribution is 9.11. The van der Waals surface area contributed by atoms with Crippen LogP contribution in [0.3, 0.4) is 0 Å². The standard InChI is InChI=1S/C15H16Br2N2O5/c1-23-11(21)5-8(15(22)24-2)3-7-4-10(16)13-12(9(7)6-20)14(17)19-18-13/h4,8,20H,3,5-6H2,1-2H3,(H,18,19)/t8-/m0/s1. The van der Waals surface area contributed by atoms with Crippen LogP contribution in [0.15, 0.2) is 15.1 Å². The molecule has 24 heavy (non-hydrogen) atoms. The molecule has 0 fully saturated rings. The zero-order valence-electron chi connectivity index (χ0n) is 13.1. The summed E-state index contributed by atoms with van der Waals surface area (Å²) in [4.78, 5) is 23.6. The number of esters is 2. The first kappa shape index (κ1) is 18.9. The van der Waals surface area contributed by atoms with Crippen LogP contribution in [0.1, 0.15) is 17.5 Å². The third-order valence-electron chi connectivity index (χ3n) is 3.75. The van der Waals surface area contributed by atoms with Crippen LogP contribution in [-0.4, -0.2) is 41.5 Å². The molecule has 1 aromatic heterocycles. The SMILES string of the molecule is COC(=O)C[C@H](Cc1cc(Br)c2[nH]nc(Br)c2c1CO)C(=O)OC. The number of halogens is 2. The minimum absolute atomic E-state index is 0.101. The van der Waals surface area contributed by atoms with Gasteiger partial charge in [0.1, 0.15) is 4.60 Å². The number of aromatic amines is 1. The average molecular weight is 464 g/mol. The Morgan fingerprint density at radius 1 is 1.33 bits per heavy atom. The van der Waals surface area contributed by atoms with Crippen molar-refractivity contribution in [3.63, 3.8) is 0 Å². The Balaban J connectivity index is 2.47. The lowest BCUT2D eigenvalue weighted by atomic mass is 9.92. The molecular formula is C15H16Br2N2O5. The van der Waals surface area contributed by atoms with Crippen molar-refractivity contribution in [1.82, 2.24) is 10.2 Å². The Morgan fingerprint density at radius 3 is 2.62 bits per heavy atom.